The first-order chi connectivity index (χ1) is 9.76. The number of hydrogen-bond acceptors (Lipinski definition) is 4. The van der Waals surface area contributed by atoms with Crippen molar-refractivity contribution >= 4 is 17.9 Å². The number of nitrogens with one attached hydrogen (secondary N) is 2. The standard InChI is InChI=1S/C15H22N2O3/c18-12-13(7-3-1-6-10-15(19)17-20)11-16-14-8-4-2-5-9-14/h2,4-5,8-9,12-13,16,20H,1,3,6-7,10-11H2,(H,17,19). The predicted molar refractivity (Wildman–Crippen MR) is 77.5 cm³/mol. The van der Waals surface area contributed by atoms with Crippen molar-refractivity contribution in [2.24, 2.45) is 5.92 Å². The summed E-state index contributed by atoms with van der Waals surface area (Å²) in [6.45, 7) is 0.630. The van der Waals surface area contributed by atoms with Gasteiger partial charge in [0, 0.05) is 24.6 Å². The summed E-state index contributed by atoms with van der Waals surface area (Å²) in [6.07, 6.45) is 4.62. The largest absolute Gasteiger partial charge is 0.384 e. The second-order valence-corrected chi connectivity index (χ2v) is 4.78. The van der Waals surface area contributed by atoms with E-state index in [1.54, 1.807) is 5.48 Å². The zero-order chi connectivity index (χ0) is 14.6. The molecule has 0 spiro atoms. The van der Waals surface area contributed by atoms with Gasteiger partial charge in [0.15, 0.2) is 0 Å². The number of carbonyl (C=O) groups is 2. The Balaban J connectivity index is 2.13. The fourth-order valence-electron chi connectivity index (χ4n) is 1.95. The third-order valence-corrected chi connectivity index (χ3v) is 3.14. The van der Waals surface area contributed by atoms with Gasteiger partial charge in [-0.2, -0.15) is 0 Å². The lowest BCUT2D eigenvalue weighted by molar-refractivity contribution is -0.129. The number of amides is 1. The monoisotopic (exact) mass is 278 g/mol. The normalized spacial score (nSPS) is 11.7. The van der Waals surface area contributed by atoms with Gasteiger partial charge in [0.1, 0.15) is 6.29 Å². The Kier molecular flexibility index (Phi) is 8.07. The van der Waals surface area contributed by atoms with Crippen molar-refractivity contribution in [2.45, 2.75) is 32.1 Å². The van der Waals surface area contributed by atoms with Crippen LogP contribution in [-0.2, 0) is 9.59 Å². The van der Waals surface area contributed by atoms with Crippen LogP contribution in [0.5, 0.6) is 0 Å². The molecule has 1 rings (SSSR count). The summed E-state index contributed by atoms with van der Waals surface area (Å²) in [6, 6.07) is 9.78. The number of unbranched alkanes of at least 4 members (excludes halogenated alkanes) is 2. The molecular weight excluding hydrogens is 256 g/mol. The summed E-state index contributed by atoms with van der Waals surface area (Å²) in [5.74, 6) is -0.371. The zero-order valence-corrected chi connectivity index (χ0v) is 11.5. The zero-order valence-electron chi connectivity index (χ0n) is 11.5. The molecule has 0 radical (unpaired) electrons. The second kappa shape index (κ2) is 9.97. The molecule has 1 atom stereocenters. The van der Waals surface area contributed by atoms with Crippen molar-refractivity contribution < 1.29 is 14.8 Å². The van der Waals surface area contributed by atoms with Crippen LogP contribution >= 0.6 is 0 Å². The van der Waals surface area contributed by atoms with Crippen LogP contribution in [0, 0.1) is 5.92 Å². The number of carbonyl (C=O) groups excluding carboxylic acids is 2. The van der Waals surface area contributed by atoms with Crippen molar-refractivity contribution in [1.29, 1.82) is 0 Å². The summed E-state index contributed by atoms with van der Waals surface area (Å²) in [5.41, 5.74) is 2.62. The van der Waals surface area contributed by atoms with Gasteiger partial charge in [0.05, 0.1) is 0 Å². The Hall–Kier alpha value is -1.88. The van der Waals surface area contributed by atoms with E-state index in [1.807, 2.05) is 30.3 Å². The van der Waals surface area contributed by atoms with E-state index in [4.69, 9.17) is 5.21 Å². The van der Waals surface area contributed by atoms with E-state index in [1.165, 1.54) is 0 Å². The highest BCUT2D eigenvalue weighted by Crippen LogP contribution is 2.12. The summed E-state index contributed by atoms with van der Waals surface area (Å²) < 4.78 is 0. The van der Waals surface area contributed by atoms with Crippen molar-refractivity contribution in [3.05, 3.63) is 30.3 Å². The summed E-state index contributed by atoms with van der Waals surface area (Å²) in [5, 5.41) is 11.6. The molecule has 5 nitrogen and oxygen atoms in total. The predicted octanol–water partition coefficient (Wildman–Crippen LogP) is 2.37. The summed E-state index contributed by atoms with van der Waals surface area (Å²) >= 11 is 0. The average Bonchev–Trinajstić information content (AvgIpc) is 2.50. The molecule has 3 N–H and O–H groups in total. The van der Waals surface area contributed by atoms with Gasteiger partial charge >= 0.3 is 0 Å². The minimum atomic E-state index is -0.359. The Morgan fingerprint density at radius 1 is 1.20 bits per heavy atom. The Morgan fingerprint density at radius 3 is 2.60 bits per heavy atom. The van der Waals surface area contributed by atoms with Crippen molar-refractivity contribution in [2.75, 3.05) is 11.9 Å². The molecule has 110 valence electrons. The lowest BCUT2D eigenvalue weighted by Gasteiger charge is -2.12. The summed E-state index contributed by atoms with van der Waals surface area (Å²) in [4.78, 5) is 21.8. The molecule has 0 heterocycles. The molecule has 1 aromatic carbocycles. The van der Waals surface area contributed by atoms with Crippen molar-refractivity contribution in [3.63, 3.8) is 0 Å². The lowest BCUT2D eigenvalue weighted by atomic mass is 10.0. The molecule has 0 saturated carbocycles. The first kappa shape index (κ1) is 16.2. The highest BCUT2D eigenvalue weighted by Gasteiger charge is 2.07. The molecule has 0 aromatic heterocycles. The van der Waals surface area contributed by atoms with Crippen molar-refractivity contribution in [1.82, 2.24) is 5.48 Å². The van der Waals surface area contributed by atoms with E-state index in [0.29, 0.717) is 13.0 Å². The molecule has 5 heteroatoms. The maximum atomic E-state index is 11.0. The molecule has 0 aliphatic heterocycles. The minimum absolute atomic E-state index is 0.0122. The SMILES string of the molecule is O=CC(CCCCCC(=O)NO)CNc1ccccc1. The minimum Gasteiger partial charge on any atom is -0.384 e. The molecule has 0 bridgehead atoms. The molecule has 20 heavy (non-hydrogen) atoms. The van der Waals surface area contributed by atoms with Gasteiger partial charge in [-0.05, 0) is 25.0 Å². The van der Waals surface area contributed by atoms with Gasteiger partial charge < -0.3 is 10.1 Å². The lowest BCUT2D eigenvalue weighted by Crippen LogP contribution is -2.18. The molecule has 0 saturated heterocycles. The van der Waals surface area contributed by atoms with Crippen LogP contribution in [0.15, 0.2) is 30.3 Å². The van der Waals surface area contributed by atoms with E-state index in [-0.39, 0.29) is 11.8 Å². The number of rotatable bonds is 10. The Bertz CT molecular complexity index is 395. The highest BCUT2D eigenvalue weighted by atomic mass is 16.5. The molecule has 1 amide bonds. The van der Waals surface area contributed by atoms with Gasteiger partial charge in [-0.15, -0.1) is 0 Å². The maximum absolute atomic E-state index is 11.0. The second-order valence-electron chi connectivity index (χ2n) is 4.78. The maximum Gasteiger partial charge on any atom is 0.243 e. The molecule has 1 unspecified atom stereocenters. The van der Waals surface area contributed by atoms with Crippen LogP contribution in [0.4, 0.5) is 5.69 Å². The molecule has 0 fully saturated rings. The number of benzene rings is 1. The molecule has 0 aliphatic rings. The highest BCUT2D eigenvalue weighted by molar-refractivity contribution is 5.74. The Morgan fingerprint density at radius 2 is 1.95 bits per heavy atom. The molecule has 0 aliphatic carbocycles. The average molecular weight is 278 g/mol. The number of hydroxylamine groups is 1. The third kappa shape index (κ3) is 6.89. The smallest absolute Gasteiger partial charge is 0.243 e. The van der Waals surface area contributed by atoms with Gasteiger partial charge in [-0.1, -0.05) is 31.0 Å². The van der Waals surface area contributed by atoms with Crippen LogP contribution in [-0.4, -0.2) is 23.9 Å². The molecular formula is C15H22N2O3. The fourth-order valence-corrected chi connectivity index (χ4v) is 1.95. The van der Waals surface area contributed by atoms with Crippen LogP contribution < -0.4 is 10.8 Å². The topological polar surface area (TPSA) is 78.4 Å². The Labute approximate surface area is 119 Å². The van der Waals surface area contributed by atoms with E-state index < -0.39 is 0 Å². The third-order valence-electron chi connectivity index (χ3n) is 3.14. The first-order valence-electron chi connectivity index (χ1n) is 6.93. The van der Waals surface area contributed by atoms with E-state index in [2.05, 4.69) is 5.32 Å². The number of aldehydes is 1. The number of hydrogen-bond donors (Lipinski definition) is 3. The van der Waals surface area contributed by atoms with Crippen molar-refractivity contribution in [3.8, 4) is 0 Å². The van der Waals surface area contributed by atoms with Crippen LogP contribution in [0.25, 0.3) is 0 Å². The van der Waals surface area contributed by atoms with Crippen LogP contribution in [0.2, 0.25) is 0 Å². The first-order valence-corrected chi connectivity index (χ1v) is 6.93. The fraction of sp³-hybridized carbons (Fsp3) is 0.467. The van der Waals surface area contributed by atoms with Gasteiger partial charge in [-0.25, -0.2) is 5.48 Å². The summed E-state index contributed by atoms with van der Waals surface area (Å²) in [7, 11) is 0. The quantitative estimate of drug-likeness (QED) is 0.266. The van der Waals surface area contributed by atoms with Gasteiger partial charge in [0.2, 0.25) is 5.91 Å². The van der Waals surface area contributed by atoms with E-state index in [9.17, 15) is 9.59 Å². The van der Waals surface area contributed by atoms with Crippen LogP contribution in [0.3, 0.4) is 0 Å². The van der Waals surface area contributed by atoms with Gasteiger partial charge in [-0.3, -0.25) is 10.0 Å². The number of para-hydroxylation sites is 1. The van der Waals surface area contributed by atoms with E-state index >= 15 is 0 Å². The molecule has 1 aromatic rings. The van der Waals surface area contributed by atoms with E-state index in [0.717, 1.165) is 37.7 Å². The van der Waals surface area contributed by atoms with Gasteiger partial charge in [0.25, 0.3) is 0 Å². The number of anilines is 1. The van der Waals surface area contributed by atoms with Crippen LogP contribution in [0.1, 0.15) is 32.1 Å².